The van der Waals surface area contributed by atoms with E-state index >= 15 is 0 Å². The third-order valence-corrected chi connectivity index (χ3v) is 4.30. The Balaban J connectivity index is 1.66. The van der Waals surface area contributed by atoms with Crippen LogP contribution in [0.4, 0.5) is 0 Å². The van der Waals surface area contributed by atoms with E-state index in [0.717, 1.165) is 18.8 Å². The van der Waals surface area contributed by atoms with Crippen LogP contribution in [0.5, 0.6) is 0 Å². The van der Waals surface area contributed by atoms with Gasteiger partial charge in [-0.3, -0.25) is 0 Å². The van der Waals surface area contributed by atoms with Gasteiger partial charge in [0, 0.05) is 11.3 Å². The van der Waals surface area contributed by atoms with E-state index < -0.39 is 0 Å². The zero-order valence-electron chi connectivity index (χ0n) is 9.19. The molecular formula is C13H20OS. The van der Waals surface area contributed by atoms with Gasteiger partial charge in [0.1, 0.15) is 0 Å². The third kappa shape index (κ3) is 3.62. The van der Waals surface area contributed by atoms with E-state index in [1.165, 1.54) is 37.0 Å². The van der Waals surface area contributed by atoms with Crippen molar-refractivity contribution in [1.29, 1.82) is 0 Å². The first-order valence-corrected chi connectivity index (χ1v) is 6.93. The van der Waals surface area contributed by atoms with Gasteiger partial charge in [-0.2, -0.15) is 0 Å². The van der Waals surface area contributed by atoms with Crippen LogP contribution in [0.3, 0.4) is 0 Å². The fourth-order valence-corrected chi connectivity index (χ4v) is 3.27. The summed E-state index contributed by atoms with van der Waals surface area (Å²) < 4.78 is 0. The molecule has 1 aromatic heterocycles. The van der Waals surface area contributed by atoms with Gasteiger partial charge >= 0.3 is 0 Å². The largest absolute Gasteiger partial charge is 0.393 e. The van der Waals surface area contributed by atoms with E-state index in [1.807, 2.05) is 0 Å². The third-order valence-electron chi connectivity index (χ3n) is 3.40. The summed E-state index contributed by atoms with van der Waals surface area (Å²) in [7, 11) is 0. The molecule has 0 radical (unpaired) electrons. The van der Waals surface area contributed by atoms with Crippen LogP contribution in [0.2, 0.25) is 0 Å². The first kappa shape index (κ1) is 11.2. The fraction of sp³-hybridized carbons (Fsp3) is 0.692. The van der Waals surface area contributed by atoms with E-state index in [2.05, 4.69) is 17.5 Å². The summed E-state index contributed by atoms with van der Waals surface area (Å²) in [5.74, 6) is 0.906. The molecule has 0 saturated heterocycles. The van der Waals surface area contributed by atoms with Crippen molar-refractivity contribution in [3.63, 3.8) is 0 Å². The molecule has 1 nitrogen and oxygen atoms in total. The molecule has 1 unspecified atom stereocenters. The molecular weight excluding hydrogens is 204 g/mol. The Hall–Kier alpha value is -0.340. The van der Waals surface area contributed by atoms with E-state index in [9.17, 15) is 5.11 Å². The summed E-state index contributed by atoms with van der Waals surface area (Å²) in [5.41, 5.74) is 0. The minimum atomic E-state index is -0.121. The Kier molecular flexibility index (Phi) is 4.21. The maximum Gasteiger partial charge on any atom is 0.0588 e. The number of hydrogen-bond acceptors (Lipinski definition) is 2. The second-order valence-corrected chi connectivity index (χ2v) is 5.70. The topological polar surface area (TPSA) is 20.2 Å². The number of aliphatic hydroxyl groups excluding tert-OH is 1. The molecule has 1 aromatic rings. The zero-order chi connectivity index (χ0) is 10.5. The second-order valence-electron chi connectivity index (χ2n) is 4.67. The molecule has 0 aromatic carbocycles. The number of thiophene rings is 1. The van der Waals surface area contributed by atoms with E-state index in [0.29, 0.717) is 0 Å². The van der Waals surface area contributed by atoms with Crippen LogP contribution in [0, 0.1) is 5.92 Å². The summed E-state index contributed by atoms with van der Waals surface area (Å²) in [5, 5.41) is 12.0. The lowest BCUT2D eigenvalue weighted by atomic mass is 9.98. The molecule has 1 atom stereocenters. The molecule has 2 rings (SSSR count). The quantitative estimate of drug-likeness (QED) is 0.810. The fourth-order valence-electron chi connectivity index (χ4n) is 2.49. The monoisotopic (exact) mass is 224 g/mol. The van der Waals surface area contributed by atoms with Crippen LogP contribution in [0.15, 0.2) is 17.5 Å². The van der Waals surface area contributed by atoms with Gasteiger partial charge in [-0.1, -0.05) is 31.7 Å². The smallest absolute Gasteiger partial charge is 0.0588 e. The normalized spacial score (nSPS) is 19.5. The van der Waals surface area contributed by atoms with Gasteiger partial charge in [0.15, 0.2) is 0 Å². The van der Waals surface area contributed by atoms with Crippen LogP contribution in [0.25, 0.3) is 0 Å². The Bertz CT molecular complexity index is 262. The lowest BCUT2D eigenvalue weighted by molar-refractivity contribution is 0.155. The van der Waals surface area contributed by atoms with Gasteiger partial charge in [-0.15, -0.1) is 11.3 Å². The average Bonchev–Trinajstić information content (AvgIpc) is 2.86. The lowest BCUT2D eigenvalue weighted by Gasteiger charge is -2.12. The molecule has 15 heavy (non-hydrogen) atoms. The van der Waals surface area contributed by atoms with Gasteiger partial charge in [-0.05, 0) is 30.2 Å². The Morgan fingerprint density at radius 1 is 1.40 bits per heavy atom. The van der Waals surface area contributed by atoms with Gasteiger partial charge in [-0.25, -0.2) is 0 Å². The van der Waals surface area contributed by atoms with E-state index in [-0.39, 0.29) is 6.10 Å². The highest BCUT2D eigenvalue weighted by molar-refractivity contribution is 7.09. The molecule has 1 saturated carbocycles. The summed E-state index contributed by atoms with van der Waals surface area (Å²) in [6.45, 7) is 0. The predicted octanol–water partition coefficient (Wildman–Crippen LogP) is 3.62. The minimum absolute atomic E-state index is 0.121. The number of hydrogen-bond donors (Lipinski definition) is 1. The summed E-state index contributed by atoms with van der Waals surface area (Å²) in [4.78, 5) is 1.31. The van der Waals surface area contributed by atoms with Crippen molar-refractivity contribution in [3.8, 4) is 0 Å². The Labute approximate surface area is 96.1 Å². The maximum atomic E-state index is 9.89. The van der Waals surface area contributed by atoms with Crippen LogP contribution in [-0.2, 0) is 6.42 Å². The predicted molar refractivity (Wildman–Crippen MR) is 65.2 cm³/mol. The van der Waals surface area contributed by atoms with E-state index in [1.54, 1.807) is 11.3 Å². The molecule has 0 bridgehead atoms. The lowest BCUT2D eigenvalue weighted by Crippen LogP contribution is -2.11. The minimum Gasteiger partial charge on any atom is -0.393 e. The SMILES string of the molecule is OC(CCC1CCCC1)Cc1cccs1. The Morgan fingerprint density at radius 2 is 2.20 bits per heavy atom. The molecule has 0 amide bonds. The average molecular weight is 224 g/mol. The van der Waals surface area contributed by atoms with Crippen molar-refractivity contribution in [2.75, 3.05) is 0 Å². The van der Waals surface area contributed by atoms with Crippen molar-refractivity contribution >= 4 is 11.3 Å². The highest BCUT2D eigenvalue weighted by Gasteiger charge is 2.16. The standard InChI is InChI=1S/C13H20OS/c14-12(10-13-6-3-9-15-13)8-7-11-4-1-2-5-11/h3,6,9,11-12,14H,1-2,4-5,7-8,10H2. The summed E-state index contributed by atoms with van der Waals surface area (Å²) in [6, 6.07) is 4.17. The molecule has 0 spiro atoms. The van der Waals surface area contributed by atoms with E-state index in [4.69, 9.17) is 0 Å². The van der Waals surface area contributed by atoms with Crippen molar-refractivity contribution in [2.24, 2.45) is 5.92 Å². The van der Waals surface area contributed by atoms with Crippen molar-refractivity contribution < 1.29 is 5.11 Å². The second kappa shape index (κ2) is 5.66. The van der Waals surface area contributed by atoms with Crippen molar-refractivity contribution in [3.05, 3.63) is 22.4 Å². The molecule has 1 heterocycles. The summed E-state index contributed by atoms with van der Waals surface area (Å²) >= 11 is 1.75. The van der Waals surface area contributed by atoms with Gasteiger partial charge < -0.3 is 5.11 Å². The van der Waals surface area contributed by atoms with Crippen molar-refractivity contribution in [2.45, 2.75) is 51.0 Å². The molecule has 2 heteroatoms. The molecule has 0 aliphatic heterocycles. The molecule has 1 aliphatic carbocycles. The van der Waals surface area contributed by atoms with Crippen LogP contribution in [-0.4, -0.2) is 11.2 Å². The van der Waals surface area contributed by atoms with Gasteiger partial charge in [0.2, 0.25) is 0 Å². The Morgan fingerprint density at radius 3 is 2.87 bits per heavy atom. The maximum absolute atomic E-state index is 9.89. The molecule has 1 fully saturated rings. The molecule has 1 N–H and O–H groups in total. The van der Waals surface area contributed by atoms with Gasteiger partial charge in [0.05, 0.1) is 6.10 Å². The summed E-state index contributed by atoms with van der Waals surface area (Å²) in [6.07, 6.45) is 8.55. The number of rotatable bonds is 5. The van der Waals surface area contributed by atoms with Gasteiger partial charge in [0.25, 0.3) is 0 Å². The molecule has 84 valence electrons. The first-order chi connectivity index (χ1) is 7.34. The van der Waals surface area contributed by atoms with Crippen molar-refractivity contribution in [1.82, 2.24) is 0 Å². The van der Waals surface area contributed by atoms with Crippen LogP contribution in [0.1, 0.15) is 43.4 Å². The highest BCUT2D eigenvalue weighted by Crippen LogP contribution is 2.29. The zero-order valence-corrected chi connectivity index (χ0v) is 10.0. The van der Waals surface area contributed by atoms with Crippen LogP contribution < -0.4 is 0 Å². The first-order valence-electron chi connectivity index (χ1n) is 6.05. The number of aliphatic hydroxyl groups is 1. The molecule has 1 aliphatic rings. The highest BCUT2D eigenvalue weighted by atomic mass is 32.1. The van der Waals surface area contributed by atoms with Crippen LogP contribution >= 0.6 is 11.3 Å².